The summed E-state index contributed by atoms with van der Waals surface area (Å²) in [7, 11) is 0. The van der Waals surface area contributed by atoms with E-state index in [2.05, 4.69) is 15.9 Å². The van der Waals surface area contributed by atoms with E-state index in [1.807, 2.05) is 42.5 Å². The van der Waals surface area contributed by atoms with Crippen molar-refractivity contribution in [2.45, 2.75) is 12.7 Å². The number of primary amides is 1. The first-order valence-electron chi connectivity index (χ1n) is 9.95. The van der Waals surface area contributed by atoms with Gasteiger partial charge in [0.2, 0.25) is 5.91 Å². The highest BCUT2D eigenvalue weighted by Gasteiger charge is 2.31. The van der Waals surface area contributed by atoms with Crippen LogP contribution in [-0.4, -0.2) is 12.5 Å². The zero-order valence-electron chi connectivity index (χ0n) is 16.9. The second-order valence-corrected chi connectivity index (χ2v) is 9.85. The molecule has 2 N–H and O–H groups in total. The van der Waals surface area contributed by atoms with Gasteiger partial charge in [-0.05, 0) is 69.0 Å². The Morgan fingerprint density at radius 1 is 1.03 bits per heavy atom. The van der Waals surface area contributed by atoms with Gasteiger partial charge in [0.1, 0.15) is 11.5 Å². The van der Waals surface area contributed by atoms with E-state index in [0.717, 1.165) is 25.4 Å². The standard InChI is InChI=1S/C25H16BrF2NO3S/c26-21-11-10-20(33-21)23-17-12-13(14-4-1-2-5-16(14)24(29)30)8-9-15(17)22-18(31-23)6-3-7-19(22)32-25(27)28/h1-12,23,25H,(H2,29,30). The van der Waals surface area contributed by atoms with Gasteiger partial charge in [0.25, 0.3) is 0 Å². The largest absolute Gasteiger partial charge is 0.479 e. The van der Waals surface area contributed by atoms with Crippen LogP contribution < -0.4 is 15.2 Å². The molecule has 0 saturated carbocycles. The highest BCUT2D eigenvalue weighted by Crippen LogP contribution is 2.51. The van der Waals surface area contributed by atoms with Crippen molar-refractivity contribution >= 4 is 33.2 Å². The van der Waals surface area contributed by atoms with Crippen molar-refractivity contribution in [3.63, 3.8) is 0 Å². The van der Waals surface area contributed by atoms with Gasteiger partial charge in [0.15, 0.2) is 6.10 Å². The molecule has 0 radical (unpaired) electrons. The van der Waals surface area contributed by atoms with Gasteiger partial charge in [-0.3, -0.25) is 4.79 Å². The van der Waals surface area contributed by atoms with Crippen LogP contribution in [0.25, 0.3) is 22.3 Å². The number of carbonyl (C=O) groups is 1. The number of benzene rings is 3. The van der Waals surface area contributed by atoms with Gasteiger partial charge in [-0.25, -0.2) is 0 Å². The smallest absolute Gasteiger partial charge is 0.387 e. The first kappa shape index (κ1) is 21.6. The fraction of sp³-hybridized carbons (Fsp3) is 0.0800. The van der Waals surface area contributed by atoms with E-state index in [1.165, 1.54) is 17.4 Å². The second-order valence-electron chi connectivity index (χ2n) is 7.36. The molecule has 1 atom stereocenters. The third kappa shape index (κ3) is 4.00. The summed E-state index contributed by atoms with van der Waals surface area (Å²) >= 11 is 5.02. The van der Waals surface area contributed by atoms with Crippen LogP contribution in [-0.2, 0) is 0 Å². The number of hydrogen-bond donors (Lipinski definition) is 1. The molecule has 4 aromatic rings. The van der Waals surface area contributed by atoms with Crippen LogP contribution >= 0.6 is 27.3 Å². The van der Waals surface area contributed by atoms with Crippen molar-refractivity contribution in [1.82, 2.24) is 0 Å². The monoisotopic (exact) mass is 527 g/mol. The van der Waals surface area contributed by atoms with E-state index in [9.17, 15) is 13.6 Å². The molecule has 2 heterocycles. The first-order chi connectivity index (χ1) is 15.9. The maximum Gasteiger partial charge on any atom is 0.387 e. The Morgan fingerprint density at radius 2 is 1.85 bits per heavy atom. The van der Waals surface area contributed by atoms with Gasteiger partial charge in [0.05, 0.1) is 14.2 Å². The molecule has 33 heavy (non-hydrogen) atoms. The molecule has 1 aliphatic rings. The lowest BCUT2D eigenvalue weighted by Gasteiger charge is -2.30. The van der Waals surface area contributed by atoms with Crippen LogP contribution in [0.5, 0.6) is 11.5 Å². The molecular weight excluding hydrogens is 512 g/mol. The number of hydrogen-bond acceptors (Lipinski definition) is 4. The predicted molar refractivity (Wildman–Crippen MR) is 127 cm³/mol. The van der Waals surface area contributed by atoms with Crippen molar-refractivity contribution in [3.8, 4) is 33.8 Å². The number of thiophene rings is 1. The van der Waals surface area contributed by atoms with Gasteiger partial charge in [0, 0.05) is 11.1 Å². The van der Waals surface area contributed by atoms with Crippen LogP contribution in [0, 0.1) is 0 Å². The van der Waals surface area contributed by atoms with Crippen molar-refractivity contribution in [2.24, 2.45) is 5.73 Å². The Balaban J connectivity index is 1.73. The molecular formula is C25H16BrF2NO3S. The molecule has 0 aliphatic carbocycles. The zero-order chi connectivity index (χ0) is 23.1. The molecule has 3 aromatic carbocycles. The third-order valence-electron chi connectivity index (χ3n) is 5.41. The van der Waals surface area contributed by atoms with Crippen molar-refractivity contribution < 1.29 is 23.0 Å². The van der Waals surface area contributed by atoms with E-state index < -0.39 is 18.6 Å². The van der Waals surface area contributed by atoms with Gasteiger partial charge < -0.3 is 15.2 Å². The molecule has 0 bridgehead atoms. The summed E-state index contributed by atoms with van der Waals surface area (Å²) in [5.41, 5.74) is 9.40. The summed E-state index contributed by atoms with van der Waals surface area (Å²) < 4.78 is 38.3. The summed E-state index contributed by atoms with van der Waals surface area (Å²) in [6.07, 6.45) is -0.466. The predicted octanol–water partition coefficient (Wildman–Crippen LogP) is 7.03. The quantitative estimate of drug-likeness (QED) is 0.303. The molecule has 0 fully saturated rings. The number of nitrogens with two attached hydrogens (primary N) is 1. The lowest BCUT2D eigenvalue weighted by molar-refractivity contribution is -0.0496. The van der Waals surface area contributed by atoms with Crippen LogP contribution in [0.15, 0.2) is 76.6 Å². The Labute approximate surface area is 200 Å². The highest BCUT2D eigenvalue weighted by atomic mass is 79.9. The molecule has 1 aromatic heterocycles. The summed E-state index contributed by atoms with van der Waals surface area (Å²) in [4.78, 5) is 12.9. The fourth-order valence-corrected chi connectivity index (χ4v) is 5.54. The summed E-state index contributed by atoms with van der Waals surface area (Å²) in [6, 6.07) is 21.4. The first-order valence-corrected chi connectivity index (χ1v) is 11.6. The van der Waals surface area contributed by atoms with E-state index in [0.29, 0.717) is 22.4 Å². The number of ether oxygens (including phenoxy) is 2. The average Bonchev–Trinajstić information content (AvgIpc) is 3.23. The minimum Gasteiger partial charge on any atom is -0.479 e. The Hall–Kier alpha value is -3.23. The number of rotatable bonds is 5. The molecule has 8 heteroatoms. The van der Waals surface area contributed by atoms with Crippen LogP contribution in [0.4, 0.5) is 8.78 Å². The summed E-state index contributed by atoms with van der Waals surface area (Å²) in [5.74, 6) is -0.0309. The number of halogens is 3. The molecule has 0 saturated heterocycles. The number of carbonyl (C=O) groups excluding carboxylic acids is 1. The van der Waals surface area contributed by atoms with E-state index >= 15 is 0 Å². The van der Waals surface area contributed by atoms with E-state index in [1.54, 1.807) is 24.3 Å². The number of fused-ring (bicyclic) bond motifs is 3. The average molecular weight is 528 g/mol. The minimum absolute atomic E-state index is 0.0415. The van der Waals surface area contributed by atoms with Gasteiger partial charge in [-0.1, -0.05) is 36.4 Å². The lowest BCUT2D eigenvalue weighted by atomic mass is 9.88. The Kier molecular flexibility index (Phi) is 5.64. The maximum atomic E-state index is 13.1. The van der Waals surface area contributed by atoms with Crippen LogP contribution in [0.2, 0.25) is 0 Å². The second kappa shape index (κ2) is 8.61. The number of amides is 1. The van der Waals surface area contributed by atoms with Gasteiger partial charge >= 0.3 is 6.61 Å². The zero-order valence-corrected chi connectivity index (χ0v) is 19.3. The molecule has 0 spiro atoms. The van der Waals surface area contributed by atoms with Gasteiger partial charge in [-0.15, -0.1) is 11.3 Å². The summed E-state index contributed by atoms with van der Waals surface area (Å²) in [6.45, 7) is -2.97. The van der Waals surface area contributed by atoms with Crippen molar-refractivity contribution in [2.75, 3.05) is 0 Å². The third-order valence-corrected chi connectivity index (χ3v) is 7.08. The van der Waals surface area contributed by atoms with Gasteiger partial charge in [-0.2, -0.15) is 8.78 Å². The maximum absolute atomic E-state index is 13.1. The van der Waals surface area contributed by atoms with E-state index in [4.69, 9.17) is 15.2 Å². The minimum atomic E-state index is -2.97. The molecule has 1 aliphatic heterocycles. The van der Waals surface area contributed by atoms with Crippen LogP contribution in [0.1, 0.15) is 26.9 Å². The SMILES string of the molecule is NC(=O)c1ccccc1-c1ccc2c(c1)C(c1ccc(Br)s1)Oc1cccc(OC(F)F)c1-2. The molecule has 1 amide bonds. The summed E-state index contributed by atoms with van der Waals surface area (Å²) in [5, 5.41) is 0. The fourth-order valence-electron chi connectivity index (χ4n) is 4.06. The Bertz CT molecular complexity index is 1370. The lowest BCUT2D eigenvalue weighted by Crippen LogP contribution is -2.16. The topological polar surface area (TPSA) is 61.6 Å². The van der Waals surface area contributed by atoms with Crippen molar-refractivity contribution in [1.29, 1.82) is 0 Å². The Morgan fingerprint density at radius 3 is 2.58 bits per heavy atom. The molecule has 5 rings (SSSR count). The molecule has 1 unspecified atom stereocenters. The van der Waals surface area contributed by atoms with E-state index in [-0.39, 0.29) is 5.75 Å². The van der Waals surface area contributed by atoms with Crippen molar-refractivity contribution in [3.05, 3.63) is 92.6 Å². The molecule has 4 nitrogen and oxygen atoms in total. The highest BCUT2D eigenvalue weighted by molar-refractivity contribution is 9.11. The molecule has 166 valence electrons. The number of alkyl halides is 2. The van der Waals surface area contributed by atoms with Crippen LogP contribution in [0.3, 0.4) is 0 Å². The normalized spacial score (nSPS) is 14.4.